The molecule has 6 nitrogen and oxygen atoms in total. The van der Waals surface area contributed by atoms with Crippen LogP contribution in [0.2, 0.25) is 0 Å². The zero-order chi connectivity index (χ0) is 18.4. The van der Waals surface area contributed by atoms with Crippen LogP contribution in [0, 0.1) is 0 Å². The van der Waals surface area contributed by atoms with Crippen LogP contribution in [-0.4, -0.2) is 20.8 Å². The molecule has 136 valence electrons. The number of urea groups is 1. The van der Waals surface area contributed by atoms with E-state index >= 15 is 0 Å². The van der Waals surface area contributed by atoms with Crippen molar-refractivity contribution in [3.8, 4) is 0 Å². The Morgan fingerprint density at radius 3 is 2.69 bits per heavy atom. The van der Waals surface area contributed by atoms with E-state index in [4.69, 9.17) is 0 Å². The van der Waals surface area contributed by atoms with Gasteiger partial charge in [-0.3, -0.25) is 0 Å². The number of benzene rings is 1. The summed E-state index contributed by atoms with van der Waals surface area (Å²) in [5.41, 5.74) is 2.35. The molecule has 0 saturated carbocycles. The number of nitrogens with one attached hydrogen (secondary N) is 2. The van der Waals surface area contributed by atoms with E-state index in [2.05, 4.69) is 52.0 Å². The Kier molecular flexibility index (Phi) is 6.01. The molecular weight excluding hydrogens is 346 g/mol. The predicted octanol–water partition coefficient (Wildman–Crippen LogP) is 3.51. The Bertz CT molecular complexity index is 826. The summed E-state index contributed by atoms with van der Waals surface area (Å²) in [4.78, 5) is 13.6. The van der Waals surface area contributed by atoms with E-state index in [1.807, 2.05) is 29.0 Å². The van der Waals surface area contributed by atoms with Gasteiger partial charge in [0.05, 0.1) is 12.6 Å². The van der Waals surface area contributed by atoms with Gasteiger partial charge >= 0.3 is 6.03 Å². The first-order chi connectivity index (χ1) is 12.7. The quantitative estimate of drug-likeness (QED) is 0.669. The van der Waals surface area contributed by atoms with Crippen LogP contribution < -0.4 is 10.6 Å². The van der Waals surface area contributed by atoms with Gasteiger partial charge in [-0.2, -0.15) is 0 Å². The second-order valence-corrected chi connectivity index (χ2v) is 6.88. The van der Waals surface area contributed by atoms with Crippen molar-refractivity contribution >= 4 is 17.4 Å². The smallest absolute Gasteiger partial charge is 0.315 e. The first kappa shape index (κ1) is 18.1. The van der Waals surface area contributed by atoms with Crippen molar-refractivity contribution in [3.05, 3.63) is 69.9 Å². The normalized spacial score (nSPS) is 11.9. The summed E-state index contributed by atoms with van der Waals surface area (Å²) < 4.78 is 1.90. The van der Waals surface area contributed by atoms with E-state index in [0.29, 0.717) is 6.54 Å². The Balaban J connectivity index is 1.70. The average molecular weight is 369 g/mol. The fourth-order valence-corrected chi connectivity index (χ4v) is 3.54. The van der Waals surface area contributed by atoms with Crippen LogP contribution in [-0.2, 0) is 19.5 Å². The number of rotatable bonds is 7. The number of aryl methyl sites for hydroxylation is 2. The number of amides is 2. The van der Waals surface area contributed by atoms with Crippen molar-refractivity contribution in [2.75, 3.05) is 0 Å². The van der Waals surface area contributed by atoms with Gasteiger partial charge in [-0.05, 0) is 35.9 Å². The van der Waals surface area contributed by atoms with Crippen LogP contribution in [0.1, 0.15) is 41.7 Å². The van der Waals surface area contributed by atoms with Gasteiger partial charge < -0.3 is 15.2 Å². The van der Waals surface area contributed by atoms with Gasteiger partial charge in [0.2, 0.25) is 0 Å². The molecule has 2 heterocycles. The fourth-order valence-electron chi connectivity index (χ4n) is 2.74. The summed E-state index contributed by atoms with van der Waals surface area (Å²) in [5, 5.41) is 15.9. The van der Waals surface area contributed by atoms with Gasteiger partial charge in [-0.25, -0.2) is 4.79 Å². The highest BCUT2D eigenvalue weighted by molar-refractivity contribution is 7.10. The molecule has 0 aliphatic rings. The molecule has 7 heteroatoms. The SMILES string of the molecule is CCc1ccc(C(NC(=O)NCc2nncn2CC)c2cccs2)cc1. The maximum atomic E-state index is 12.5. The minimum Gasteiger partial charge on any atom is -0.331 e. The second-order valence-electron chi connectivity index (χ2n) is 5.90. The molecule has 2 aromatic heterocycles. The maximum absolute atomic E-state index is 12.5. The molecule has 2 N–H and O–H groups in total. The average Bonchev–Trinajstić information content (AvgIpc) is 3.36. The third-order valence-corrected chi connectivity index (χ3v) is 5.21. The highest BCUT2D eigenvalue weighted by atomic mass is 32.1. The van der Waals surface area contributed by atoms with Gasteiger partial charge in [0.25, 0.3) is 0 Å². The number of nitrogens with zero attached hydrogens (tertiary/aromatic N) is 3. The fraction of sp³-hybridized carbons (Fsp3) is 0.316. The highest BCUT2D eigenvalue weighted by Gasteiger charge is 2.18. The van der Waals surface area contributed by atoms with Gasteiger partial charge in [-0.15, -0.1) is 21.5 Å². The molecule has 0 spiro atoms. The van der Waals surface area contributed by atoms with E-state index in [1.54, 1.807) is 17.7 Å². The molecule has 0 aliphatic carbocycles. The highest BCUT2D eigenvalue weighted by Crippen LogP contribution is 2.26. The third kappa shape index (κ3) is 4.29. The number of carbonyl (C=O) groups excluding carboxylic acids is 1. The zero-order valence-electron chi connectivity index (χ0n) is 15.0. The first-order valence-electron chi connectivity index (χ1n) is 8.74. The first-order valence-corrected chi connectivity index (χ1v) is 9.62. The number of carbonyl (C=O) groups is 1. The Hall–Kier alpha value is -2.67. The molecule has 26 heavy (non-hydrogen) atoms. The summed E-state index contributed by atoms with van der Waals surface area (Å²) in [6.45, 7) is 5.26. The lowest BCUT2D eigenvalue weighted by atomic mass is 10.0. The predicted molar refractivity (Wildman–Crippen MR) is 103 cm³/mol. The van der Waals surface area contributed by atoms with Crippen molar-refractivity contribution in [2.24, 2.45) is 0 Å². The van der Waals surface area contributed by atoms with Crippen LogP contribution in [0.25, 0.3) is 0 Å². The van der Waals surface area contributed by atoms with E-state index in [0.717, 1.165) is 29.2 Å². The Morgan fingerprint density at radius 1 is 1.23 bits per heavy atom. The monoisotopic (exact) mass is 369 g/mol. The molecule has 1 unspecified atom stereocenters. The lowest BCUT2D eigenvalue weighted by molar-refractivity contribution is 0.238. The molecule has 0 aliphatic heterocycles. The summed E-state index contributed by atoms with van der Waals surface area (Å²) in [6, 6.07) is 12.0. The van der Waals surface area contributed by atoms with E-state index in [9.17, 15) is 4.79 Å². The summed E-state index contributed by atoms with van der Waals surface area (Å²) in [6.07, 6.45) is 2.66. The van der Waals surface area contributed by atoms with Crippen LogP contribution >= 0.6 is 11.3 Å². The number of hydrogen-bond acceptors (Lipinski definition) is 4. The van der Waals surface area contributed by atoms with Crippen molar-refractivity contribution in [1.29, 1.82) is 0 Å². The number of hydrogen-bond donors (Lipinski definition) is 2. The lowest BCUT2D eigenvalue weighted by Crippen LogP contribution is -2.38. The Morgan fingerprint density at radius 2 is 2.04 bits per heavy atom. The molecule has 0 radical (unpaired) electrons. The van der Waals surface area contributed by atoms with Crippen molar-refractivity contribution < 1.29 is 4.79 Å². The van der Waals surface area contributed by atoms with Crippen LogP contribution in [0.5, 0.6) is 0 Å². The standard InChI is InChI=1S/C19H23N5OS/c1-3-14-7-9-15(10-8-14)18(16-6-5-11-26-16)22-19(25)20-12-17-23-21-13-24(17)4-2/h5-11,13,18H,3-4,12H2,1-2H3,(H2,20,22,25). The van der Waals surface area contributed by atoms with Crippen LogP contribution in [0.15, 0.2) is 48.1 Å². The number of thiophene rings is 1. The van der Waals surface area contributed by atoms with Gasteiger partial charge in [-0.1, -0.05) is 37.3 Å². The van der Waals surface area contributed by atoms with Crippen LogP contribution in [0.3, 0.4) is 0 Å². The molecule has 1 aromatic carbocycles. The van der Waals surface area contributed by atoms with E-state index < -0.39 is 0 Å². The maximum Gasteiger partial charge on any atom is 0.315 e. The third-order valence-electron chi connectivity index (χ3n) is 4.27. The molecule has 3 rings (SSSR count). The number of aromatic nitrogens is 3. The largest absolute Gasteiger partial charge is 0.331 e. The molecule has 0 bridgehead atoms. The summed E-state index contributed by atoms with van der Waals surface area (Å²) >= 11 is 1.63. The molecule has 2 amide bonds. The lowest BCUT2D eigenvalue weighted by Gasteiger charge is -2.19. The zero-order valence-corrected chi connectivity index (χ0v) is 15.8. The minimum absolute atomic E-state index is 0.176. The van der Waals surface area contributed by atoms with Crippen LogP contribution in [0.4, 0.5) is 4.79 Å². The molecule has 3 aromatic rings. The molecule has 1 atom stereocenters. The van der Waals surface area contributed by atoms with Gasteiger partial charge in [0, 0.05) is 11.4 Å². The minimum atomic E-state index is -0.228. The van der Waals surface area contributed by atoms with Gasteiger partial charge in [0.1, 0.15) is 6.33 Å². The van der Waals surface area contributed by atoms with E-state index in [1.165, 1.54) is 5.56 Å². The summed E-state index contributed by atoms with van der Waals surface area (Å²) in [5.74, 6) is 0.739. The molecule has 0 saturated heterocycles. The van der Waals surface area contributed by atoms with Crippen molar-refractivity contribution in [1.82, 2.24) is 25.4 Å². The Labute approximate surface area is 157 Å². The van der Waals surface area contributed by atoms with Gasteiger partial charge in [0.15, 0.2) is 5.82 Å². The topological polar surface area (TPSA) is 71.8 Å². The second kappa shape index (κ2) is 8.62. The molecular formula is C19H23N5OS. The van der Waals surface area contributed by atoms with Crippen molar-refractivity contribution in [3.63, 3.8) is 0 Å². The van der Waals surface area contributed by atoms with Crippen molar-refractivity contribution in [2.45, 2.75) is 39.4 Å². The summed E-state index contributed by atoms with van der Waals surface area (Å²) in [7, 11) is 0. The molecule has 0 fully saturated rings. The van der Waals surface area contributed by atoms with E-state index in [-0.39, 0.29) is 12.1 Å².